The molecule has 2 fully saturated rings. The van der Waals surface area contributed by atoms with Gasteiger partial charge in [-0.25, -0.2) is 9.59 Å². The zero-order valence-electron chi connectivity index (χ0n) is 15.1. The van der Waals surface area contributed by atoms with E-state index in [0.717, 1.165) is 36.9 Å². The van der Waals surface area contributed by atoms with Crippen molar-refractivity contribution in [2.45, 2.75) is 44.6 Å². The van der Waals surface area contributed by atoms with Gasteiger partial charge in [-0.15, -0.1) is 0 Å². The van der Waals surface area contributed by atoms with Crippen molar-refractivity contribution < 1.29 is 19.4 Å². The summed E-state index contributed by atoms with van der Waals surface area (Å²) in [5.41, 5.74) is 2.27. The number of rotatable bonds is 5. The number of carbonyl (C=O) groups excluding carboxylic acids is 1. The molecule has 0 bridgehead atoms. The van der Waals surface area contributed by atoms with E-state index in [1.165, 1.54) is 12.0 Å². The fourth-order valence-corrected chi connectivity index (χ4v) is 3.95. The molecule has 0 radical (unpaired) electrons. The molecule has 26 heavy (non-hydrogen) atoms. The van der Waals surface area contributed by atoms with Crippen LogP contribution in [0, 0.1) is 5.92 Å². The molecule has 1 unspecified atom stereocenters. The van der Waals surface area contributed by atoms with E-state index in [1.807, 2.05) is 6.07 Å². The predicted molar refractivity (Wildman–Crippen MR) is 100 cm³/mol. The van der Waals surface area contributed by atoms with Gasteiger partial charge in [-0.2, -0.15) is 0 Å². The molecular weight excluding hydrogens is 356 g/mol. The first-order valence-electron chi connectivity index (χ1n) is 9.06. The Labute approximate surface area is 158 Å². The highest BCUT2D eigenvalue weighted by molar-refractivity contribution is 6.34. The summed E-state index contributed by atoms with van der Waals surface area (Å²) in [5, 5.41) is 13.2. The molecule has 1 aliphatic carbocycles. The van der Waals surface area contributed by atoms with Gasteiger partial charge in [-0.3, -0.25) is 0 Å². The van der Waals surface area contributed by atoms with Gasteiger partial charge in [0, 0.05) is 19.1 Å². The lowest BCUT2D eigenvalue weighted by Crippen LogP contribution is -2.41. The Hall–Kier alpha value is -1.95. The fourth-order valence-electron chi connectivity index (χ4n) is 3.63. The van der Waals surface area contributed by atoms with Crippen LogP contribution in [0.4, 0.5) is 10.5 Å². The molecular formula is C19H25ClN2O4. The van der Waals surface area contributed by atoms with E-state index >= 15 is 0 Å². The molecule has 1 amide bonds. The van der Waals surface area contributed by atoms with Gasteiger partial charge in [-0.05, 0) is 62.1 Å². The summed E-state index contributed by atoms with van der Waals surface area (Å²) >= 11 is 6.61. The molecule has 0 aromatic heterocycles. The fraction of sp³-hybridized carbons (Fsp3) is 0.579. The Balaban J connectivity index is 1.75. The number of nitrogens with one attached hydrogen (secondary N) is 1. The molecule has 3 rings (SSSR count). The molecule has 2 N–H and O–H groups in total. The third-order valence-electron chi connectivity index (χ3n) is 5.44. The van der Waals surface area contributed by atoms with Crippen LogP contribution in [-0.4, -0.2) is 48.3 Å². The topological polar surface area (TPSA) is 78.9 Å². The maximum absolute atomic E-state index is 12.0. The largest absolute Gasteiger partial charge is 0.465 e. The number of piperidine rings is 1. The Bertz CT molecular complexity index is 697. The third-order valence-corrected chi connectivity index (χ3v) is 5.86. The monoisotopic (exact) mass is 380 g/mol. The summed E-state index contributed by atoms with van der Waals surface area (Å²) in [6, 6.07) is 3.72. The van der Waals surface area contributed by atoms with Crippen LogP contribution in [0.25, 0.3) is 0 Å². The van der Waals surface area contributed by atoms with E-state index < -0.39 is 6.09 Å². The maximum Gasteiger partial charge on any atom is 0.407 e. The first-order chi connectivity index (χ1) is 12.4. The molecule has 142 valence electrons. The number of anilines is 1. The number of hydrogen-bond acceptors (Lipinski definition) is 4. The van der Waals surface area contributed by atoms with E-state index in [0.29, 0.717) is 35.5 Å². The highest BCUT2D eigenvalue weighted by Gasteiger charge is 2.30. The minimum atomic E-state index is -0.855. The van der Waals surface area contributed by atoms with Gasteiger partial charge in [0.1, 0.15) is 0 Å². The number of ether oxygens (including phenoxy) is 1. The van der Waals surface area contributed by atoms with E-state index in [-0.39, 0.29) is 12.0 Å². The van der Waals surface area contributed by atoms with Crippen molar-refractivity contribution in [3.05, 3.63) is 28.3 Å². The molecule has 1 saturated carbocycles. The molecule has 1 saturated heterocycles. The molecule has 1 heterocycles. The summed E-state index contributed by atoms with van der Waals surface area (Å²) in [4.78, 5) is 24.5. The molecule has 0 spiro atoms. The predicted octanol–water partition coefficient (Wildman–Crippen LogP) is 4.19. The lowest BCUT2D eigenvalue weighted by molar-refractivity contribution is 0.0600. The SMILES string of the molecule is COC(=O)c1cc(NC(C)C2CCN(C(=O)O)CC2)c(Cl)c(C2CC2)c1. The lowest BCUT2D eigenvalue weighted by atomic mass is 9.90. The van der Waals surface area contributed by atoms with Crippen LogP contribution in [0.15, 0.2) is 12.1 Å². The van der Waals surface area contributed by atoms with Gasteiger partial charge < -0.3 is 20.1 Å². The number of hydrogen-bond donors (Lipinski definition) is 2. The molecule has 6 nitrogen and oxygen atoms in total. The van der Waals surface area contributed by atoms with Gasteiger partial charge in [0.05, 0.1) is 23.4 Å². The molecule has 1 aromatic carbocycles. The number of likely N-dealkylation sites (tertiary alicyclic amines) is 1. The van der Waals surface area contributed by atoms with Gasteiger partial charge in [0.2, 0.25) is 0 Å². The first kappa shape index (κ1) is 18.8. The summed E-state index contributed by atoms with van der Waals surface area (Å²) in [5.74, 6) is 0.406. The highest BCUT2D eigenvalue weighted by Crippen LogP contribution is 2.46. The number of carboxylic acid groups (broad SMARTS) is 1. The minimum absolute atomic E-state index is 0.128. The van der Waals surface area contributed by atoms with Crippen LogP contribution in [-0.2, 0) is 4.74 Å². The maximum atomic E-state index is 12.0. The van der Waals surface area contributed by atoms with E-state index in [1.54, 1.807) is 6.07 Å². The number of nitrogens with zero attached hydrogens (tertiary/aromatic N) is 1. The second-order valence-electron chi connectivity index (χ2n) is 7.23. The zero-order valence-corrected chi connectivity index (χ0v) is 15.9. The molecule has 1 aromatic rings. The van der Waals surface area contributed by atoms with E-state index in [4.69, 9.17) is 21.4 Å². The number of carbonyl (C=O) groups is 2. The third kappa shape index (κ3) is 4.06. The van der Waals surface area contributed by atoms with Gasteiger partial charge in [-0.1, -0.05) is 11.6 Å². The average molecular weight is 381 g/mol. The van der Waals surface area contributed by atoms with Gasteiger partial charge in [0.25, 0.3) is 0 Å². The minimum Gasteiger partial charge on any atom is -0.465 e. The molecule has 2 aliphatic rings. The summed E-state index contributed by atoms with van der Waals surface area (Å²) in [6.07, 6.45) is 2.95. The van der Waals surface area contributed by atoms with Crippen LogP contribution in [0.5, 0.6) is 0 Å². The smallest absolute Gasteiger partial charge is 0.407 e. The van der Waals surface area contributed by atoms with Crippen LogP contribution in [0.1, 0.15) is 54.4 Å². The van der Waals surface area contributed by atoms with Crippen molar-refractivity contribution in [3.8, 4) is 0 Å². The van der Waals surface area contributed by atoms with Crippen molar-refractivity contribution in [1.29, 1.82) is 0 Å². The average Bonchev–Trinajstić information content (AvgIpc) is 3.47. The number of halogens is 1. The van der Waals surface area contributed by atoms with Gasteiger partial charge in [0.15, 0.2) is 0 Å². The zero-order chi connectivity index (χ0) is 18.8. The molecule has 1 atom stereocenters. The molecule has 7 heteroatoms. The van der Waals surface area contributed by atoms with Crippen molar-refractivity contribution >= 4 is 29.4 Å². The Morgan fingerprint density at radius 2 is 1.92 bits per heavy atom. The van der Waals surface area contributed by atoms with E-state index in [9.17, 15) is 9.59 Å². The standard InChI is InChI=1S/C19H25ClN2O4/c1-11(12-5-7-22(8-6-12)19(24)25)21-16-10-14(18(23)26-2)9-15(17(16)20)13-3-4-13/h9-13,21H,3-8H2,1-2H3,(H,24,25). The van der Waals surface area contributed by atoms with Crippen LogP contribution < -0.4 is 5.32 Å². The van der Waals surface area contributed by atoms with E-state index in [2.05, 4.69) is 12.2 Å². The number of amides is 1. The highest BCUT2D eigenvalue weighted by atomic mass is 35.5. The number of benzene rings is 1. The van der Waals surface area contributed by atoms with Crippen LogP contribution in [0.2, 0.25) is 5.02 Å². The van der Waals surface area contributed by atoms with Crippen molar-refractivity contribution in [1.82, 2.24) is 4.90 Å². The summed E-state index contributed by atoms with van der Waals surface area (Å²) < 4.78 is 4.87. The van der Waals surface area contributed by atoms with Crippen LogP contribution in [0.3, 0.4) is 0 Å². The number of esters is 1. The summed E-state index contributed by atoms with van der Waals surface area (Å²) in [6.45, 7) is 3.18. The van der Waals surface area contributed by atoms with Crippen molar-refractivity contribution in [2.75, 3.05) is 25.5 Å². The Morgan fingerprint density at radius 1 is 1.27 bits per heavy atom. The van der Waals surface area contributed by atoms with Crippen molar-refractivity contribution in [3.63, 3.8) is 0 Å². The molecule has 1 aliphatic heterocycles. The quantitative estimate of drug-likeness (QED) is 0.748. The van der Waals surface area contributed by atoms with Crippen LogP contribution >= 0.6 is 11.6 Å². The Kier molecular flexibility index (Phi) is 5.61. The second-order valence-corrected chi connectivity index (χ2v) is 7.61. The number of methoxy groups -OCH3 is 1. The normalized spacial score (nSPS) is 19.1. The Morgan fingerprint density at radius 3 is 2.46 bits per heavy atom. The first-order valence-corrected chi connectivity index (χ1v) is 9.44. The summed E-state index contributed by atoms with van der Waals surface area (Å²) in [7, 11) is 1.37. The van der Waals surface area contributed by atoms with Crippen molar-refractivity contribution in [2.24, 2.45) is 5.92 Å². The second kappa shape index (κ2) is 7.74. The lowest BCUT2D eigenvalue weighted by Gasteiger charge is -2.34. The van der Waals surface area contributed by atoms with Gasteiger partial charge >= 0.3 is 12.1 Å².